The molecule has 0 aliphatic carbocycles. The number of anilines is 1. The third-order valence-corrected chi connectivity index (χ3v) is 6.14. The number of carboxylic acids is 1. The number of amides is 1. The minimum absolute atomic E-state index is 0.00618. The fraction of sp³-hybridized carbons (Fsp3) is 0.500. The Labute approximate surface area is 153 Å². The van der Waals surface area contributed by atoms with Gasteiger partial charge in [0, 0.05) is 24.7 Å². The van der Waals surface area contributed by atoms with Crippen LogP contribution in [0.4, 0.5) is 10.5 Å². The van der Waals surface area contributed by atoms with Crippen molar-refractivity contribution in [2.45, 2.75) is 44.7 Å². The van der Waals surface area contributed by atoms with Crippen molar-refractivity contribution in [2.24, 2.45) is 0 Å². The number of nitrogens with zero attached hydrogens (tertiary/aromatic N) is 2. The summed E-state index contributed by atoms with van der Waals surface area (Å²) in [5, 5.41) is 19.4. The molecule has 140 valence electrons. The Morgan fingerprint density at radius 3 is 2.58 bits per heavy atom. The summed E-state index contributed by atoms with van der Waals surface area (Å²) in [7, 11) is 0. The predicted octanol–water partition coefficient (Wildman–Crippen LogP) is 3.54. The molecule has 0 saturated carbocycles. The summed E-state index contributed by atoms with van der Waals surface area (Å²) in [6.45, 7) is 11.4. The number of benzene rings is 1. The van der Waals surface area contributed by atoms with E-state index in [-0.39, 0.29) is 22.0 Å². The lowest BCUT2D eigenvalue weighted by Crippen LogP contribution is -2.68. The van der Waals surface area contributed by atoms with Crippen molar-refractivity contribution in [1.82, 2.24) is 0 Å². The van der Waals surface area contributed by atoms with Crippen LogP contribution in [0.25, 0.3) is 0 Å². The summed E-state index contributed by atoms with van der Waals surface area (Å²) in [6, 6.07) is 5.38. The second kappa shape index (κ2) is 6.13. The Morgan fingerprint density at radius 1 is 1.35 bits per heavy atom. The molecular formula is C20H27N2O4+. The molecule has 3 atom stereocenters. The highest BCUT2D eigenvalue weighted by atomic mass is 16.4. The molecular weight excluding hydrogens is 332 g/mol. The summed E-state index contributed by atoms with van der Waals surface area (Å²) in [6.07, 6.45) is 1.78. The second-order valence-corrected chi connectivity index (χ2v) is 8.31. The van der Waals surface area contributed by atoms with Crippen LogP contribution in [0.15, 0.2) is 30.9 Å². The van der Waals surface area contributed by atoms with E-state index in [9.17, 15) is 19.8 Å². The monoisotopic (exact) mass is 359 g/mol. The van der Waals surface area contributed by atoms with E-state index in [1.54, 1.807) is 12.1 Å². The van der Waals surface area contributed by atoms with Gasteiger partial charge in [0.1, 0.15) is 5.54 Å². The van der Waals surface area contributed by atoms with E-state index in [0.29, 0.717) is 19.6 Å². The van der Waals surface area contributed by atoms with E-state index in [0.717, 1.165) is 17.7 Å². The summed E-state index contributed by atoms with van der Waals surface area (Å²) in [5.41, 5.74) is 1.76. The Morgan fingerprint density at radius 2 is 2.04 bits per heavy atom. The highest BCUT2D eigenvalue weighted by Gasteiger charge is 2.56. The van der Waals surface area contributed by atoms with Crippen molar-refractivity contribution in [3.63, 3.8) is 0 Å². The molecule has 2 heterocycles. The summed E-state index contributed by atoms with van der Waals surface area (Å²) in [5.74, 6) is -0.967. The van der Waals surface area contributed by atoms with Gasteiger partial charge in [-0.2, -0.15) is 4.79 Å². The molecule has 0 bridgehead atoms. The van der Waals surface area contributed by atoms with Gasteiger partial charge in [0.15, 0.2) is 0 Å². The van der Waals surface area contributed by atoms with Crippen LogP contribution in [0.3, 0.4) is 0 Å². The topological polar surface area (TPSA) is 77.8 Å². The van der Waals surface area contributed by atoms with Gasteiger partial charge >= 0.3 is 12.1 Å². The minimum Gasteiger partial charge on any atom is -0.478 e. The Kier molecular flexibility index (Phi) is 4.35. The molecule has 6 nitrogen and oxygen atoms in total. The number of aromatic carboxylic acids is 1. The first kappa shape index (κ1) is 18.5. The van der Waals surface area contributed by atoms with Gasteiger partial charge in [-0.3, -0.25) is 0 Å². The van der Waals surface area contributed by atoms with E-state index in [4.69, 9.17) is 0 Å². The highest BCUT2D eigenvalue weighted by Crippen LogP contribution is 2.48. The van der Waals surface area contributed by atoms with E-state index in [1.807, 2.05) is 32.9 Å². The molecule has 2 aliphatic heterocycles. The maximum atomic E-state index is 12.3. The normalized spacial score (nSPS) is 27.6. The fourth-order valence-corrected chi connectivity index (χ4v) is 4.65. The Hall–Kier alpha value is -2.34. The predicted molar refractivity (Wildman–Crippen MR) is 99.9 cm³/mol. The molecule has 2 N–H and O–H groups in total. The number of fused-ring (bicyclic) bond motifs is 3. The van der Waals surface area contributed by atoms with Crippen LogP contribution in [-0.4, -0.2) is 58.0 Å². The first-order valence-electron chi connectivity index (χ1n) is 8.98. The average molecular weight is 359 g/mol. The molecule has 1 fully saturated rings. The fourth-order valence-electron chi connectivity index (χ4n) is 4.65. The van der Waals surface area contributed by atoms with Gasteiger partial charge in [-0.1, -0.05) is 6.08 Å². The van der Waals surface area contributed by atoms with Crippen LogP contribution in [-0.2, 0) is 0 Å². The van der Waals surface area contributed by atoms with Gasteiger partial charge in [0.05, 0.1) is 24.6 Å². The van der Waals surface area contributed by atoms with Gasteiger partial charge in [0.2, 0.25) is 0 Å². The number of rotatable bonds is 3. The Balaban J connectivity index is 2.10. The third-order valence-electron chi connectivity index (χ3n) is 6.14. The molecule has 3 unspecified atom stereocenters. The van der Waals surface area contributed by atoms with E-state index < -0.39 is 17.6 Å². The van der Waals surface area contributed by atoms with Crippen molar-refractivity contribution in [1.29, 1.82) is 0 Å². The molecule has 0 aromatic heterocycles. The molecule has 6 heteroatoms. The van der Waals surface area contributed by atoms with Crippen LogP contribution in [0, 0.1) is 0 Å². The molecule has 0 radical (unpaired) electrons. The molecule has 1 saturated heterocycles. The lowest BCUT2D eigenvalue weighted by Gasteiger charge is -2.49. The molecule has 2 aliphatic rings. The average Bonchev–Trinajstić information content (AvgIpc) is 2.86. The lowest BCUT2D eigenvalue weighted by atomic mass is 9.84. The van der Waals surface area contributed by atoms with Crippen LogP contribution in [0.1, 0.15) is 49.0 Å². The summed E-state index contributed by atoms with van der Waals surface area (Å²) in [4.78, 5) is 25.9. The number of hydrogen-bond donors (Lipinski definition) is 2. The van der Waals surface area contributed by atoms with Crippen LogP contribution in [0.2, 0.25) is 0 Å². The standard InChI is InChI=1S/C20H26N2O4/c1-5-9-21-16-7-6-13(18(23)24)11-14(16)15-12-22(19(25)26,20(2,3)4)10-8-17(15)21/h5-7,11,15,17H,1,8-10,12H2,2-4H3,(H-,23,24,25,26)/p+1. The van der Waals surface area contributed by atoms with Gasteiger partial charge < -0.3 is 15.1 Å². The number of hydrogen-bond acceptors (Lipinski definition) is 3. The Bertz CT molecular complexity index is 768. The number of piperidine rings is 1. The zero-order chi connectivity index (χ0) is 19.3. The lowest BCUT2D eigenvalue weighted by molar-refractivity contribution is -0.909. The third kappa shape index (κ3) is 2.60. The molecule has 26 heavy (non-hydrogen) atoms. The van der Waals surface area contributed by atoms with Crippen molar-refractivity contribution >= 4 is 17.7 Å². The van der Waals surface area contributed by atoms with E-state index in [2.05, 4.69) is 11.5 Å². The SMILES string of the molecule is C=CCN1c2ccc(C(=O)O)cc2C2C[N+](C(=O)O)(C(C)(C)C)CCC21. The van der Waals surface area contributed by atoms with Gasteiger partial charge in [-0.25, -0.2) is 9.28 Å². The van der Waals surface area contributed by atoms with Gasteiger partial charge in [0.25, 0.3) is 0 Å². The van der Waals surface area contributed by atoms with Crippen LogP contribution in [0.5, 0.6) is 0 Å². The molecule has 1 aromatic carbocycles. The molecule has 1 amide bonds. The maximum absolute atomic E-state index is 12.3. The first-order chi connectivity index (χ1) is 12.1. The van der Waals surface area contributed by atoms with Crippen LogP contribution < -0.4 is 4.90 Å². The second-order valence-electron chi connectivity index (χ2n) is 8.31. The molecule has 3 rings (SSSR count). The number of quaternary nitrogens is 1. The maximum Gasteiger partial charge on any atom is 0.514 e. The number of carbonyl (C=O) groups is 2. The van der Waals surface area contributed by atoms with Gasteiger partial charge in [-0.15, -0.1) is 6.58 Å². The largest absolute Gasteiger partial charge is 0.514 e. The van der Waals surface area contributed by atoms with Gasteiger partial charge in [-0.05, 0) is 44.5 Å². The summed E-state index contributed by atoms with van der Waals surface area (Å²) < 4.78 is -0.00711. The van der Waals surface area contributed by atoms with Crippen LogP contribution >= 0.6 is 0 Å². The van der Waals surface area contributed by atoms with Crippen molar-refractivity contribution in [3.8, 4) is 0 Å². The van der Waals surface area contributed by atoms with E-state index in [1.165, 1.54) is 0 Å². The first-order valence-corrected chi connectivity index (χ1v) is 8.98. The zero-order valence-corrected chi connectivity index (χ0v) is 15.6. The van der Waals surface area contributed by atoms with Crippen molar-refractivity contribution < 1.29 is 24.3 Å². The highest BCUT2D eigenvalue weighted by molar-refractivity contribution is 5.89. The number of carboxylic acid groups (broad SMARTS) is 2. The quantitative estimate of drug-likeness (QED) is 0.637. The smallest absolute Gasteiger partial charge is 0.478 e. The minimum atomic E-state index is -0.961. The number of likely N-dealkylation sites (tertiary alicyclic amines) is 1. The summed E-state index contributed by atoms with van der Waals surface area (Å²) >= 11 is 0. The van der Waals surface area contributed by atoms with Crippen molar-refractivity contribution in [2.75, 3.05) is 24.5 Å². The van der Waals surface area contributed by atoms with Crippen molar-refractivity contribution in [3.05, 3.63) is 42.0 Å². The zero-order valence-electron chi connectivity index (χ0n) is 15.6. The molecule has 1 aromatic rings. The van der Waals surface area contributed by atoms with E-state index >= 15 is 0 Å². The molecule has 0 spiro atoms.